The first-order chi connectivity index (χ1) is 17.5. The number of nitro benzene ring substituents is 1. The molecule has 14 heteroatoms. The molecule has 2 aromatic rings. The number of hydrogen-bond acceptors (Lipinski definition) is 9. The molecule has 0 aromatic heterocycles. The van der Waals surface area contributed by atoms with Crippen LogP contribution in [0.25, 0.3) is 0 Å². The molecule has 2 atom stereocenters. The summed E-state index contributed by atoms with van der Waals surface area (Å²) in [5.74, 6) is -2.23. The number of esters is 1. The number of carbonyl (C=O) groups is 3. The lowest BCUT2D eigenvalue weighted by molar-refractivity contribution is -0.384. The number of aliphatic hydroxyl groups excluding tert-OH is 1. The van der Waals surface area contributed by atoms with Crippen molar-refractivity contribution in [2.45, 2.75) is 19.3 Å². The Labute approximate surface area is 220 Å². The number of amides is 2. The monoisotopic (exact) mass is 549 g/mol. The number of hydrogen-bond donors (Lipinski definition) is 3. The van der Waals surface area contributed by atoms with E-state index in [2.05, 4.69) is 15.6 Å². The van der Waals surface area contributed by atoms with Gasteiger partial charge in [0.25, 0.3) is 17.5 Å². The van der Waals surface area contributed by atoms with Crippen molar-refractivity contribution >= 4 is 52.5 Å². The van der Waals surface area contributed by atoms with Crippen LogP contribution in [0.3, 0.4) is 0 Å². The van der Waals surface area contributed by atoms with Gasteiger partial charge in [-0.15, -0.1) is 0 Å². The molecular weight excluding hydrogens is 529 g/mol. The van der Waals surface area contributed by atoms with Crippen molar-refractivity contribution < 1.29 is 29.2 Å². The summed E-state index contributed by atoms with van der Waals surface area (Å²) in [5, 5.41) is 26.8. The Kier molecular flexibility index (Phi) is 8.81. The van der Waals surface area contributed by atoms with Crippen molar-refractivity contribution in [1.82, 2.24) is 15.5 Å². The summed E-state index contributed by atoms with van der Waals surface area (Å²) in [6.45, 7) is 1.31. The van der Waals surface area contributed by atoms with Gasteiger partial charge >= 0.3 is 5.97 Å². The van der Waals surface area contributed by atoms with Crippen molar-refractivity contribution in [1.29, 1.82) is 0 Å². The van der Waals surface area contributed by atoms with E-state index in [9.17, 15) is 29.6 Å². The van der Waals surface area contributed by atoms with E-state index in [-0.39, 0.29) is 39.2 Å². The summed E-state index contributed by atoms with van der Waals surface area (Å²) in [6, 6.07) is 7.06. The number of amidine groups is 1. The number of non-ortho nitro benzene ring substituents is 1. The Balaban J connectivity index is 1.72. The first-order valence-electron chi connectivity index (χ1n) is 10.6. The molecule has 0 saturated carbocycles. The fourth-order valence-corrected chi connectivity index (χ4v) is 3.91. The summed E-state index contributed by atoms with van der Waals surface area (Å²) in [4.78, 5) is 53.3. The van der Waals surface area contributed by atoms with Crippen molar-refractivity contribution in [3.63, 3.8) is 0 Å². The molecule has 0 radical (unpaired) electrons. The quantitative estimate of drug-likeness (QED) is 0.269. The maximum absolute atomic E-state index is 12.8. The number of benzene rings is 2. The topological polar surface area (TPSA) is 163 Å². The normalized spacial score (nSPS) is 15.4. The highest BCUT2D eigenvalue weighted by Crippen LogP contribution is 2.24. The third kappa shape index (κ3) is 6.61. The molecule has 0 spiro atoms. The largest absolute Gasteiger partial charge is 0.467 e. The molecular formula is C23H21Cl2N5O7. The van der Waals surface area contributed by atoms with E-state index in [1.54, 1.807) is 13.0 Å². The standard InChI is InChI=1S/C23H21Cl2N5O7/c1-12-6-7-13(30(35)36)10-14(12)20(31)26-17(22(33)37-2)11-29-9-8-18(28-23(29)34)27-21(32)19-15(24)4-3-5-16(19)25/h3-10,17,23,34H,11H2,1-2H3,(H,26,31)(H,27,28,32)/t17-,23?/m0/s1. The van der Waals surface area contributed by atoms with Gasteiger partial charge in [0.2, 0.25) is 6.35 Å². The lowest BCUT2D eigenvalue weighted by atomic mass is 10.1. The lowest BCUT2D eigenvalue weighted by Gasteiger charge is -2.30. The number of aliphatic imine (C=N–C) groups is 1. The Morgan fingerprint density at radius 3 is 2.49 bits per heavy atom. The highest BCUT2D eigenvalue weighted by Gasteiger charge is 2.29. The maximum Gasteiger partial charge on any atom is 0.330 e. The third-order valence-electron chi connectivity index (χ3n) is 5.27. The van der Waals surface area contributed by atoms with Crippen LogP contribution >= 0.6 is 23.2 Å². The van der Waals surface area contributed by atoms with Crippen LogP contribution in [0.5, 0.6) is 0 Å². The van der Waals surface area contributed by atoms with E-state index >= 15 is 0 Å². The second kappa shape index (κ2) is 11.8. The smallest absolute Gasteiger partial charge is 0.330 e. The Morgan fingerprint density at radius 2 is 1.89 bits per heavy atom. The van der Waals surface area contributed by atoms with Gasteiger partial charge in [-0.05, 0) is 30.7 Å². The molecule has 12 nitrogen and oxygen atoms in total. The van der Waals surface area contributed by atoms with E-state index in [4.69, 9.17) is 27.9 Å². The number of aliphatic hydroxyl groups is 1. The molecule has 1 unspecified atom stereocenters. The SMILES string of the molecule is COC(=O)[C@H](CN1C=CC(NC(=O)c2c(Cl)cccc2Cl)=NC1O)NC(=O)c1cc([N+](=O)[O-])ccc1C. The fourth-order valence-electron chi connectivity index (χ4n) is 3.34. The molecule has 0 bridgehead atoms. The number of carbonyl (C=O) groups excluding carboxylic acids is 3. The molecule has 2 amide bonds. The van der Waals surface area contributed by atoms with Gasteiger partial charge in [0, 0.05) is 23.9 Å². The zero-order valence-electron chi connectivity index (χ0n) is 19.5. The number of halogens is 2. The molecule has 0 aliphatic carbocycles. The first kappa shape index (κ1) is 27.6. The average molecular weight is 550 g/mol. The predicted octanol–water partition coefficient (Wildman–Crippen LogP) is 2.42. The number of aryl methyl sites for hydroxylation is 1. The van der Waals surface area contributed by atoms with Crippen LogP contribution in [0.4, 0.5) is 5.69 Å². The zero-order valence-corrected chi connectivity index (χ0v) is 21.0. The van der Waals surface area contributed by atoms with Gasteiger partial charge < -0.3 is 25.4 Å². The van der Waals surface area contributed by atoms with Gasteiger partial charge in [-0.2, -0.15) is 0 Å². The number of rotatable bonds is 7. The Morgan fingerprint density at radius 1 is 1.22 bits per heavy atom. The molecule has 3 N–H and O–H groups in total. The highest BCUT2D eigenvalue weighted by molar-refractivity contribution is 6.40. The van der Waals surface area contributed by atoms with Crippen LogP contribution in [0.15, 0.2) is 53.7 Å². The van der Waals surface area contributed by atoms with Crippen molar-refractivity contribution in [3.05, 3.63) is 85.5 Å². The van der Waals surface area contributed by atoms with Gasteiger partial charge in [-0.25, -0.2) is 9.79 Å². The van der Waals surface area contributed by atoms with Crippen molar-refractivity contribution in [2.24, 2.45) is 4.99 Å². The number of nitrogens with zero attached hydrogens (tertiary/aromatic N) is 3. The van der Waals surface area contributed by atoms with E-state index in [0.717, 1.165) is 13.2 Å². The third-order valence-corrected chi connectivity index (χ3v) is 5.90. The number of nitrogens with one attached hydrogen (secondary N) is 2. The summed E-state index contributed by atoms with van der Waals surface area (Å²) in [5.41, 5.74) is 0.192. The van der Waals surface area contributed by atoms with Crippen LogP contribution < -0.4 is 10.6 Å². The number of methoxy groups -OCH3 is 1. The minimum absolute atomic E-state index is 0.000842. The van der Waals surface area contributed by atoms with Crippen molar-refractivity contribution in [2.75, 3.05) is 13.7 Å². The molecule has 1 heterocycles. The second-order valence-corrected chi connectivity index (χ2v) is 8.54. The molecule has 0 fully saturated rings. The summed E-state index contributed by atoms with van der Waals surface area (Å²) >= 11 is 12.1. The Bertz CT molecular complexity index is 1290. The lowest BCUT2D eigenvalue weighted by Crippen LogP contribution is -2.51. The van der Waals surface area contributed by atoms with Crippen LogP contribution in [-0.2, 0) is 9.53 Å². The molecule has 0 saturated heterocycles. The van der Waals surface area contributed by atoms with Gasteiger partial charge in [-0.1, -0.05) is 35.3 Å². The van der Waals surface area contributed by atoms with Crippen LogP contribution in [0, 0.1) is 17.0 Å². The molecule has 1 aliphatic rings. The maximum atomic E-state index is 12.8. The predicted molar refractivity (Wildman–Crippen MR) is 134 cm³/mol. The summed E-state index contributed by atoms with van der Waals surface area (Å²) in [6.07, 6.45) is 1.17. The average Bonchev–Trinajstić information content (AvgIpc) is 2.84. The zero-order chi connectivity index (χ0) is 27.3. The van der Waals surface area contributed by atoms with Gasteiger partial charge in [-0.3, -0.25) is 19.7 Å². The minimum Gasteiger partial charge on any atom is -0.467 e. The molecule has 194 valence electrons. The fraction of sp³-hybridized carbons (Fsp3) is 0.217. The van der Waals surface area contributed by atoms with Crippen molar-refractivity contribution in [3.8, 4) is 0 Å². The highest BCUT2D eigenvalue weighted by atomic mass is 35.5. The van der Waals surface area contributed by atoms with Gasteiger partial charge in [0.15, 0.2) is 0 Å². The first-order valence-corrected chi connectivity index (χ1v) is 11.4. The molecule has 3 rings (SSSR count). The van der Waals surface area contributed by atoms with Crippen LogP contribution in [0.2, 0.25) is 10.0 Å². The van der Waals surface area contributed by atoms with Gasteiger partial charge in [0.1, 0.15) is 11.9 Å². The summed E-state index contributed by atoms with van der Waals surface area (Å²) < 4.78 is 4.75. The molecule has 37 heavy (non-hydrogen) atoms. The molecule has 1 aliphatic heterocycles. The van der Waals surface area contributed by atoms with E-state index < -0.39 is 35.1 Å². The molecule has 2 aromatic carbocycles. The van der Waals surface area contributed by atoms with E-state index in [1.807, 2.05) is 0 Å². The van der Waals surface area contributed by atoms with Gasteiger partial charge in [0.05, 0.1) is 34.2 Å². The summed E-state index contributed by atoms with van der Waals surface area (Å²) in [7, 11) is 1.12. The second-order valence-electron chi connectivity index (χ2n) is 7.73. The van der Waals surface area contributed by atoms with Crippen LogP contribution in [0.1, 0.15) is 26.3 Å². The number of nitro groups is 1. The van der Waals surface area contributed by atoms with E-state index in [1.165, 1.54) is 41.4 Å². The van der Waals surface area contributed by atoms with Crippen LogP contribution in [-0.4, -0.2) is 64.6 Å². The number of ether oxygens (including phenoxy) is 1. The Hall–Kier alpha value is -4.00. The minimum atomic E-state index is -1.54. The van der Waals surface area contributed by atoms with E-state index in [0.29, 0.717) is 5.56 Å².